The van der Waals surface area contributed by atoms with E-state index in [0.29, 0.717) is 32.5 Å². The Labute approximate surface area is 140 Å². The molecule has 0 aromatic heterocycles. The van der Waals surface area contributed by atoms with Crippen LogP contribution in [0, 0.1) is 5.92 Å². The topological polar surface area (TPSA) is 57.7 Å². The molecule has 2 amide bonds. The fourth-order valence-corrected chi connectivity index (χ4v) is 3.89. The second-order valence-electron chi connectivity index (χ2n) is 5.92. The van der Waals surface area contributed by atoms with Crippen molar-refractivity contribution in [3.63, 3.8) is 0 Å². The summed E-state index contributed by atoms with van der Waals surface area (Å²) in [6, 6.07) is 9.33. The molecule has 0 spiro atoms. The number of Topliss-reactive ketones (excluding diaryl/α,β-unsaturated/α-hetero) is 1. The number of carbonyl (C=O) groups is 3. The number of amides is 2. The summed E-state index contributed by atoms with van der Waals surface area (Å²) in [5, 5.41) is -0.00695. The number of ketones is 1. The maximum Gasteiger partial charge on any atom is 0.282 e. The maximum atomic E-state index is 12.4. The number of hydrogen-bond acceptors (Lipinski definition) is 4. The highest BCUT2D eigenvalue weighted by Crippen LogP contribution is 2.23. The third kappa shape index (κ3) is 3.75. The van der Waals surface area contributed by atoms with E-state index in [-0.39, 0.29) is 29.4 Å². The lowest BCUT2D eigenvalue weighted by atomic mass is 9.89. The molecule has 0 unspecified atom stereocenters. The Kier molecular flexibility index (Phi) is 5.00. The lowest BCUT2D eigenvalue weighted by molar-refractivity contribution is -0.132. The summed E-state index contributed by atoms with van der Waals surface area (Å²) in [6.45, 7) is 2.01. The van der Waals surface area contributed by atoms with Gasteiger partial charge in [-0.15, -0.1) is 0 Å². The van der Waals surface area contributed by atoms with Crippen LogP contribution in [0.5, 0.6) is 0 Å². The molecule has 5 nitrogen and oxygen atoms in total. The fraction of sp³-hybridized carbons (Fsp3) is 0.471. The third-order valence-electron chi connectivity index (χ3n) is 4.45. The highest BCUT2D eigenvalue weighted by molar-refractivity contribution is 8.13. The van der Waals surface area contributed by atoms with Gasteiger partial charge in [-0.25, -0.2) is 0 Å². The largest absolute Gasteiger partial charge is 0.341 e. The van der Waals surface area contributed by atoms with Gasteiger partial charge in [-0.3, -0.25) is 14.4 Å². The van der Waals surface area contributed by atoms with Gasteiger partial charge in [-0.05, 0) is 12.8 Å². The van der Waals surface area contributed by atoms with Crippen molar-refractivity contribution in [1.29, 1.82) is 0 Å². The summed E-state index contributed by atoms with van der Waals surface area (Å²) < 4.78 is 0. The van der Waals surface area contributed by atoms with Crippen LogP contribution >= 0.6 is 11.8 Å². The first-order valence-corrected chi connectivity index (χ1v) is 8.92. The molecule has 0 N–H and O–H groups in total. The van der Waals surface area contributed by atoms with Gasteiger partial charge in [0, 0.05) is 36.9 Å². The number of likely N-dealkylation sites (tertiary alicyclic amines) is 1. The Morgan fingerprint density at radius 1 is 1.09 bits per heavy atom. The Balaban J connectivity index is 1.51. The highest BCUT2D eigenvalue weighted by Gasteiger charge is 2.30. The number of rotatable bonds is 4. The number of thioether (sulfide) groups is 1. The minimum atomic E-state index is -0.00887. The Bertz CT molecular complexity index is 597. The van der Waals surface area contributed by atoms with E-state index in [1.807, 2.05) is 30.3 Å². The van der Waals surface area contributed by atoms with E-state index in [0.717, 1.165) is 11.3 Å². The predicted octanol–water partition coefficient (Wildman–Crippen LogP) is 2.28. The summed E-state index contributed by atoms with van der Waals surface area (Å²) in [6.07, 6.45) is 1.39. The van der Waals surface area contributed by atoms with Crippen LogP contribution in [0.15, 0.2) is 30.3 Å². The van der Waals surface area contributed by atoms with Crippen LogP contribution in [0.4, 0.5) is 4.79 Å². The Morgan fingerprint density at radius 2 is 1.78 bits per heavy atom. The van der Waals surface area contributed by atoms with Crippen LogP contribution in [0.1, 0.15) is 23.2 Å². The van der Waals surface area contributed by atoms with Gasteiger partial charge >= 0.3 is 0 Å². The second kappa shape index (κ2) is 7.17. The van der Waals surface area contributed by atoms with Gasteiger partial charge in [-0.1, -0.05) is 42.1 Å². The quantitative estimate of drug-likeness (QED) is 0.794. The van der Waals surface area contributed by atoms with E-state index in [9.17, 15) is 14.4 Å². The van der Waals surface area contributed by atoms with Gasteiger partial charge in [0.1, 0.15) is 6.54 Å². The molecule has 2 heterocycles. The fourth-order valence-electron chi connectivity index (χ4n) is 3.06. The summed E-state index contributed by atoms with van der Waals surface area (Å²) >= 11 is 1.27. The van der Waals surface area contributed by atoms with E-state index in [1.54, 1.807) is 9.80 Å². The Hall–Kier alpha value is -1.82. The molecular formula is C17H20N2O3S. The van der Waals surface area contributed by atoms with Crippen LogP contribution in [0.25, 0.3) is 0 Å². The molecule has 6 heteroatoms. The molecule has 0 radical (unpaired) electrons. The van der Waals surface area contributed by atoms with Crippen molar-refractivity contribution < 1.29 is 14.4 Å². The number of piperidine rings is 1. The number of nitrogens with zero attached hydrogens (tertiary/aromatic N) is 2. The zero-order valence-corrected chi connectivity index (χ0v) is 13.8. The lowest BCUT2D eigenvalue weighted by Crippen LogP contribution is -2.45. The van der Waals surface area contributed by atoms with E-state index >= 15 is 0 Å². The maximum absolute atomic E-state index is 12.4. The first-order valence-electron chi connectivity index (χ1n) is 7.94. The van der Waals surface area contributed by atoms with Crippen molar-refractivity contribution in [1.82, 2.24) is 9.80 Å². The van der Waals surface area contributed by atoms with Crippen molar-refractivity contribution in [2.75, 3.05) is 31.9 Å². The molecule has 0 atom stereocenters. The van der Waals surface area contributed by atoms with Crippen LogP contribution in [-0.2, 0) is 4.79 Å². The number of benzene rings is 1. The summed E-state index contributed by atoms with van der Waals surface area (Å²) in [5.74, 6) is 0.917. The van der Waals surface area contributed by atoms with Crippen molar-refractivity contribution in [2.45, 2.75) is 12.8 Å². The van der Waals surface area contributed by atoms with E-state index < -0.39 is 0 Å². The molecule has 2 saturated heterocycles. The summed E-state index contributed by atoms with van der Waals surface area (Å²) in [7, 11) is 0. The zero-order valence-electron chi connectivity index (χ0n) is 12.9. The molecule has 2 aliphatic rings. The Morgan fingerprint density at radius 3 is 2.39 bits per heavy atom. The zero-order chi connectivity index (χ0) is 16.2. The first kappa shape index (κ1) is 16.1. The van der Waals surface area contributed by atoms with Gasteiger partial charge in [-0.2, -0.15) is 0 Å². The number of carbonyl (C=O) groups excluding carboxylic acids is 3. The lowest BCUT2D eigenvalue weighted by Gasteiger charge is -2.32. The van der Waals surface area contributed by atoms with Gasteiger partial charge in [0.2, 0.25) is 5.91 Å². The molecular weight excluding hydrogens is 312 g/mol. The minimum Gasteiger partial charge on any atom is -0.341 e. The molecule has 122 valence electrons. The average Bonchev–Trinajstić information content (AvgIpc) is 3.00. The van der Waals surface area contributed by atoms with Gasteiger partial charge in [0.15, 0.2) is 5.78 Å². The molecule has 1 aromatic carbocycles. The third-order valence-corrected chi connectivity index (χ3v) is 5.34. The summed E-state index contributed by atoms with van der Waals surface area (Å²) in [5.41, 5.74) is 0.747. The van der Waals surface area contributed by atoms with Crippen LogP contribution < -0.4 is 0 Å². The molecule has 0 bridgehead atoms. The van der Waals surface area contributed by atoms with Crippen molar-refractivity contribution in [3.05, 3.63) is 35.9 Å². The smallest absolute Gasteiger partial charge is 0.282 e. The van der Waals surface area contributed by atoms with Crippen LogP contribution in [-0.4, -0.2) is 58.7 Å². The van der Waals surface area contributed by atoms with Crippen molar-refractivity contribution in [2.24, 2.45) is 5.92 Å². The SMILES string of the molecule is O=C(c1ccccc1)C1CCN(C(=O)CN2CCSC2=O)CC1. The molecule has 2 fully saturated rings. The van der Waals surface area contributed by atoms with Crippen molar-refractivity contribution in [3.8, 4) is 0 Å². The predicted molar refractivity (Wildman–Crippen MR) is 89.5 cm³/mol. The highest BCUT2D eigenvalue weighted by atomic mass is 32.2. The van der Waals surface area contributed by atoms with Crippen molar-refractivity contribution >= 4 is 28.7 Å². The monoisotopic (exact) mass is 332 g/mol. The first-order chi connectivity index (χ1) is 11.1. The van der Waals surface area contributed by atoms with E-state index in [1.165, 1.54) is 11.8 Å². The van der Waals surface area contributed by atoms with Gasteiger partial charge in [0.05, 0.1) is 0 Å². The molecule has 0 aliphatic carbocycles. The van der Waals surface area contributed by atoms with E-state index in [2.05, 4.69) is 0 Å². The molecule has 3 rings (SSSR count). The van der Waals surface area contributed by atoms with Gasteiger partial charge < -0.3 is 9.80 Å². The molecule has 2 aliphatic heterocycles. The van der Waals surface area contributed by atoms with Gasteiger partial charge in [0.25, 0.3) is 5.24 Å². The van der Waals surface area contributed by atoms with Crippen LogP contribution in [0.2, 0.25) is 0 Å². The molecule has 0 saturated carbocycles. The molecule has 23 heavy (non-hydrogen) atoms. The molecule has 1 aromatic rings. The second-order valence-corrected chi connectivity index (χ2v) is 6.97. The standard InChI is InChI=1S/C17H20N2O3S/c20-15(12-19-10-11-23-17(19)22)18-8-6-14(7-9-18)16(21)13-4-2-1-3-5-13/h1-5,14H,6-12H2. The summed E-state index contributed by atoms with van der Waals surface area (Å²) in [4.78, 5) is 39.7. The minimum absolute atomic E-state index is 0.00695. The van der Waals surface area contributed by atoms with Crippen LogP contribution in [0.3, 0.4) is 0 Å². The number of hydrogen-bond donors (Lipinski definition) is 0. The average molecular weight is 332 g/mol. The van der Waals surface area contributed by atoms with E-state index in [4.69, 9.17) is 0 Å². The normalized spacial score (nSPS) is 19.2.